The summed E-state index contributed by atoms with van der Waals surface area (Å²) in [6.07, 6.45) is 0.869. The number of carbonyl (C=O) groups excluding carboxylic acids is 3. The monoisotopic (exact) mass is 291 g/mol. The number of amides is 2. The summed E-state index contributed by atoms with van der Waals surface area (Å²) in [5.41, 5.74) is -2.54. The molecule has 1 aliphatic heterocycles. The normalized spacial score (nSPS) is 21.2. The Morgan fingerprint density at radius 1 is 1.38 bits per heavy atom. The maximum absolute atomic E-state index is 14.5. The highest BCUT2D eigenvalue weighted by Gasteiger charge is 2.56. The fourth-order valence-electron chi connectivity index (χ4n) is 2.06. The van der Waals surface area contributed by atoms with Crippen molar-refractivity contribution in [3.05, 3.63) is 48.6 Å². The Hall–Kier alpha value is -2.50. The van der Waals surface area contributed by atoms with Crippen LogP contribution in [0.3, 0.4) is 0 Å². The molecular weight excluding hydrogens is 277 g/mol. The van der Waals surface area contributed by atoms with Gasteiger partial charge >= 0.3 is 5.97 Å². The van der Waals surface area contributed by atoms with Crippen LogP contribution >= 0.6 is 0 Å². The second-order valence-electron chi connectivity index (χ2n) is 4.57. The molecule has 0 N–H and O–H groups in total. The van der Waals surface area contributed by atoms with E-state index in [2.05, 4.69) is 11.3 Å². The number of nitrogens with zero attached hydrogens (tertiary/aromatic N) is 1. The van der Waals surface area contributed by atoms with E-state index in [1.54, 1.807) is 18.2 Å². The van der Waals surface area contributed by atoms with Crippen LogP contribution in [0.25, 0.3) is 0 Å². The van der Waals surface area contributed by atoms with Crippen LogP contribution < -0.4 is 0 Å². The van der Waals surface area contributed by atoms with Crippen LogP contribution in [0, 0.1) is 0 Å². The van der Waals surface area contributed by atoms with E-state index >= 15 is 0 Å². The first-order chi connectivity index (χ1) is 10.0. The average Bonchev–Trinajstić information content (AvgIpc) is 2.82. The van der Waals surface area contributed by atoms with Crippen molar-refractivity contribution >= 4 is 17.8 Å². The van der Waals surface area contributed by atoms with E-state index in [1.165, 1.54) is 18.2 Å². The number of esters is 1. The summed E-state index contributed by atoms with van der Waals surface area (Å²) < 4.78 is 19.1. The van der Waals surface area contributed by atoms with Crippen LogP contribution in [0.1, 0.15) is 16.8 Å². The fourth-order valence-corrected chi connectivity index (χ4v) is 2.06. The number of hydrogen-bond acceptors (Lipinski definition) is 4. The molecule has 0 aromatic heterocycles. The van der Waals surface area contributed by atoms with E-state index in [9.17, 15) is 18.8 Å². The summed E-state index contributed by atoms with van der Waals surface area (Å²) in [5, 5.41) is 0. The Bertz CT molecular complexity index is 587. The first-order valence-electron chi connectivity index (χ1n) is 6.39. The number of hydrogen-bond donors (Lipinski definition) is 0. The number of likely N-dealkylation sites (tertiary alicyclic amines) is 1. The van der Waals surface area contributed by atoms with E-state index in [4.69, 9.17) is 0 Å². The van der Waals surface area contributed by atoms with Crippen LogP contribution in [0.2, 0.25) is 0 Å². The fraction of sp³-hybridized carbons (Fsp3) is 0.267. The molecule has 1 unspecified atom stereocenters. The van der Waals surface area contributed by atoms with Crippen molar-refractivity contribution in [2.24, 2.45) is 0 Å². The molecule has 6 heteroatoms. The van der Waals surface area contributed by atoms with E-state index in [0.717, 1.165) is 4.90 Å². The van der Waals surface area contributed by atoms with Gasteiger partial charge < -0.3 is 4.74 Å². The van der Waals surface area contributed by atoms with Gasteiger partial charge in [0, 0.05) is 18.5 Å². The topological polar surface area (TPSA) is 63.7 Å². The molecule has 1 aliphatic rings. The second kappa shape index (κ2) is 5.87. The Morgan fingerprint density at radius 2 is 2.05 bits per heavy atom. The molecule has 1 aromatic carbocycles. The lowest BCUT2D eigenvalue weighted by Crippen LogP contribution is -2.45. The van der Waals surface area contributed by atoms with Crippen molar-refractivity contribution in [1.29, 1.82) is 0 Å². The summed E-state index contributed by atoms with van der Waals surface area (Å²) in [6, 6.07) is 8.02. The molecule has 2 rings (SSSR count). The second-order valence-corrected chi connectivity index (χ2v) is 4.57. The summed E-state index contributed by atoms with van der Waals surface area (Å²) in [4.78, 5) is 36.6. The zero-order valence-electron chi connectivity index (χ0n) is 11.3. The Labute approximate surface area is 121 Å². The SMILES string of the molecule is C=CCOC(=O)C1(F)CCN(C(=O)c2ccccc2)C1=O. The van der Waals surface area contributed by atoms with Crippen molar-refractivity contribution in [1.82, 2.24) is 4.90 Å². The number of carbonyl (C=O) groups is 3. The highest BCUT2D eigenvalue weighted by molar-refractivity contribution is 6.16. The Morgan fingerprint density at radius 3 is 2.67 bits per heavy atom. The molecule has 0 saturated carbocycles. The third-order valence-electron chi connectivity index (χ3n) is 3.19. The van der Waals surface area contributed by atoms with Gasteiger partial charge in [0.1, 0.15) is 6.61 Å². The standard InChI is InChI=1S/C15H14FNO4/c1-2-10-21-14(20)15(16)8-9-17(13(15)19)12(18)11-6-4-3-5-7-11/h2-7H,1,8-10H2. The van der Waals surface area contributed by atoms with Gasteiger partial charge in [0.2, 0.25) is 0 Å². The molecule has 1 atom stereocenters. The summed E-state index contributed by atoms with van der Waals surface area (Å²) >= 11 is 0. The van der Waals surface area contributed by atoms with Gasteiger partial charge in [-0.15, -0.1) is 0 Å². The van der Waals surface area contributed by atoms with E-state index in [1.807, 2.05) is 0 Å². The minimum atomic E-state index is -2.80. The van der Waals surface area contributed by atoms with Crippen LogP contribution in [-0.2, 0) is 14.3 Å². The van der Waals surface area contributed by atoms with Gasteiger partial charge in [-0.2, -0.15) is 0 Å². The van der Waals surface area contributed by atoms with Gasteiger partial charge in [0.05, 0.1) is 0 Å². The van der Waals surface area contributed by atoms with Gasteiger partial charge in [0.25, 0.3) is 17.5 Å². The van der Waals surface area contributed by atoms with Crippen molar-refractivity contribution < 1.29 is 23.5 Å². The first-order valence-corrected chi connectivity index (χ1v) is 6.39. The van der Waals surface area contributed by atoms with Crippen molar-refractivity contribution in [2.75, 3.05) is 13.2 Å². The first kappa shape index (κ1) is 14.9. The van der Waals surface area contributed by atoms with E-state index in [0.29, 0.717) is 0 Å². The molecule has 5 nitrogen and oxygen atoms in total. The van der Waals surface area contributed by atoms with Crippen molar-refractivity contribution in [3.8, 4) is 0 Å². The predicted molar refractivity (Wildman–Crippen MR) is 72.1 cm³/mol. The molecule has 0 bridgehead atoms. The number of alkyl halides is 1. The smallest absolute Gasteiger partial charge is 0.354 e. The average molecular weight is 291 g/mol. The highest BCUT2D eigenvalue weighted by atomic mass is 19.1. The lowest BCUT2D eigenvalue weighted by atomic mass is 10.1. The summed E-state index contributed by atoms with van der Waals surface area (Å²) in [7, 11) is 0. The van der Waals surface area contributed by atoms with Gasteiger partial charge in [-0.25, -0.2) is 9.18 Å². The van der Waals surface area contributed by atoms with Gasteiger partial charge in [-0.05, 0) is 12.1 Å². The lowest BCUT2D eigenvalue weighted by Gasteiger charge is -2.17. The molecule has 1 fully saturated rings. The molecule has 0 radical (unpaired) electrons. The molecule has 1 saturated heterocycles. The predicted octanol–water partition coefficient (Wildman–Crippen LogP) is 1.50. The molecule has 0 aliphatic carbocycles. The molecule has 2 amide bonds. The van der Waals surface area contributed by atoms with Gasteiger partial charge in [-0.3, -0.25) is 14.5 Å². The third-order valence-corrected chi connectivity index (χ3v) is 3.19. The van der Waals surface area contributed by atoms with E-state index in [-0.39, 0.29) is 18.7 Å². The summed E-state index contributed by atoms with van der Waals surface area (Å²) in [5.74, 6) is -3.09. The Balaban J connectivity index is 2.16. The number of benzene rings is 1. The molecular formula is C15H14FNO4. The molecule has 0 spiro atoms. The van der Waals surface area contributed by atoms with Crippen molar-refractivity contribution in [3.63, 3.8) is 0 Å². The maximum atomic E-state index is 14.5. The zero-order valence-corrected chi connectivity index (χ0v) is 11.3. The Kier molecular flexibility index (Phi) is 4.16. The number of halogens is 1. The quantitative estimate of drug-likeness (QED) is 0.365. The highest BCUT2D eigenvalue weighted by Crippen LogP contribution is 2.29. The molecule has 110 valence electrons. The van der Waals surface area contributed by atoms with Gasteiger partial charge in [0.15, 0.2) is 0 Å². The van der Waals surface area contributed by atoms with Crippen LogP contribution in [0.15, 0.2) is 43.0 Å². The number of rotatable bonds is 4. The van der Waals surface area contributed by atoms with E-state index < -0.39 is 29.9 Å². The third kappa shape index (κ3) is 2.69. The van der Waals surface area contributed by atoms with Crippen molar-refractivity contribution in [2.45, 2.75) is 12.1 Å². The molecule has 1 heterocycles. The lowest BCUT2D eigenvalue weighted by molar-refractivity contribution is -0.161. The number of ether oxygens (including phenoxy) is 1. The zero-order chi connectivity index (χ0) is 15.5. The summed E-state index contributed by atoms with van der Waals surface area (Å²) in [6.45, 7) is 2.98. The van der Waals surface area contributed by atoms with Crippen LogP contribution in [0.4, 0.5) is 4.39 Å². The minimum Gasteiger partial charge on any atom is -0.459 e. The number of imide groups is 1. The van der Waals surface area contributed by atoms with Gasteiger partial charge in [-0.1, -0.05) is 30.9 Å². The van der Waals surface area contributed by atoms with Crippen LogP contribution in [0.5, 0.6) is 0 Å². The minimum absolute atomic E-state index is 0.160. The largest absolute Gasteiger partial charge is 0.459 e. The van der Waals surface area contributed by atoms with Crippen LogP contribution in [-0.4, -0.2) is 41.5 Å². The molecule has 1 aromatic rings. The molecule has 21 heavy (non-hydrogen) atoms. The maximum Gasteiger partial charge on any atom is 0.354 e.